The molecule has 3 heteroatoms. The Morgan fingerprint density at radius 3 is 2.67 bits per heavy atom. The van der Waals surface area contributed by atoms with Crippen LogP contribution in [0.5, 0.6) is 0 Å². The summed E-state index contributed by atoms with van der Waals surface area (Å²) in [6.45, 7) is 3.33. The van der Waals surface area contributed by atoms with E-state index in [-0.39, 0.29) is 6.35 Å². The number of ether oxygens (including phenoxy) is 1. The lowest BCUT2D eigenvalue weighted by molar-refractivity contribution is -0.829. The number of hydrogen-bond acceptors (Lipinski definition) is 2. The molecule has 0 radical (unpaired) electrons. The molecule has 9 heavy (non-hydrogen) atoms. The summed E-state index contributed by atoms with van der Waals surface area (Å²) in [5.41, 5.74) is 3.21. The molecule has 1 saturated heterocycles. The summed E-state index contributed by atoms with van der Waals surface area (Å²) in [5, 5.41) is 0. The van der Waals surface area contributed by atoms with Gasteiger partial charge in [-0.3, -0.25) is 0 Å². The summed E-state index contributed by atoms with van der Waals surface area (Å²) in [7, 11) is 3.87. The van der Waals surface area contributed by atoms with Gasteiger partial charge in [0.05, 0.1) is 13.6 Å². The van der Waals surface area contributed by atoms with E-state index in [0.717, 1.165) is 11.1 Å². The first kappa shape index (κ1) is 6.99. The SMILES string of the molecule is CCC[N+]1(C)N[C@@H]1OC. The average Bonchev–Trinajstić information content (AvgIpc) is 2.43. The zero-order valence-corrected chi connectivity index (χ0v) is 6.35. The predicted molar refractivity (Wildman–Crippen MR) is 35.3 cm³/mol. The number of methoxy groups -OCH3 is 1. The fraction of sp³-hybridized carbons (Fsp3) is 1.00. The van der Waals surface area contributed by atoms with Crippen LogP contribution in [-0.4, -0.2) is 31.6 Å². The molecule has 1 unspecified atom stereocenters. The number of nitrogens with zero attached hydrogens (tertiary/aromatic N) is 1. The number of quaternary nitrogens is 1. The second-order valence-electron chi connectivity index (χ2n) is 2.71. The Kier molecular flexibility index (Phi) is 1.75. The van der Waals surface area contributed by atoms with Crippen LogP contribution < -0.4 is 5.43 Å². The standard InChI is InChI=1S/C6H15N2O/c1-4-5-8(2)6(7-8)9-3/h6-7H,4-5H2,1-3H3/q+1/t6-,8?/m0/s1. The third-order valence-electron chi connectivity index (χ3n) is 1.77. The Morgan fingerprint density at radius 1 is 1.67 bits per heavy atom. The van der Waals surface area contributed by atoms with Crippen LogP contribution in [-0.2, 0) is 4.74 Å². The highest BCUT2D eigenvalue weighted by molar-refractivity contribution is 4.47. The smallest absolute Gasteiger partial charge is 0.313 e. The van der Waals surface area contributed by atoms with Crippen molar-refractivity contribution in [2.75, 3.05) is 20.7 Å². The largest absolute Gasteiger partial charge is 0.315 e. The minimum atomic E-state index is 0.255. The molecule has 54 valence electrons. The van der Waals surface area contributed by atoms with E-state index < -0.39 is 0 Å². The van der Waals surface area contributed by atoms with Gasteiger partial charge in [0.15, 0.2) is 0 Å². The molecule has 3 nitrogen and oxygen atoms in total. The lowest BCUT2D eigenvalue weighted by atomic mass is 10.5. The summed E-state index contributed by atoms with van der Waals surface area (Å²) in [5.74, 6) is 0. The first-order valence-electron chi connectivity index (χ1n) is 3.38. The van der Waals surface area contributed by atoms with E-state index in [1.54, 1.807) is 7.11 Å². The maximum Gasteiger partial charge on any atom is 0.313 e. The van der Waals surface area contributed by atoms with E-state index in [4.69, 9.17) is 4.74 Å². The molecule has 1 heterocycles. The van der Waals surface area contributed by atoms with E-state index >= 15 is 0 Å². The van der Waals surface area contributed by atoms with Crippen molar-refractivity contribution < 1.29 is 9.33 Å². The van der Waals surface area contributed by atoms with Crippen LogP contribution in [0, 0.1) is 0 Å². The fourth-order valence-corrected chi connectivity index (χ4v) is 1.15. The van der Waals surface area contributed by atoms with Crippen molar-refractivity contribution in [3.05, 3.63) is 0 Å². The van der Waals surface area contributed by atoms with Crippen molar-refractivity contribution in [1.29, 1.82) is 0 Å². The summed E-state index contributed by atoms with van der Waals surface area (Å²) in [6, 6.07) is 0. The molecule has 1 N–H and O–H groups in total. The molecule has 0 amide bonds. The van der Waals surface area contributed by atoms with E-state index in [9.17, 15) is 0 Å². The van der Waals surface area contributed by atoms with Crippen molar-refractivity contribution in [3.63, 3.8) is 0 Å². The molecule has 1 rings (SSSR count). The molecule has 0 aromatic heterocycles. The van der Waals surface area contributed by atoms with Gasteiger partial charge in [0, 0.05) is 7.11 Å². The van der Waals surface area contributed by atoms with Crippen LogP contribution in [0.4, 0.5) is 0 Å². The Hall–Kier alpha value is -0.120. The molecule has 0 aromatic carbocycles. The van der Waals surface area contributed by atoms with Gasteiger partial charge in [-0.25, -0.2) is 0 Å². The summed E-state index contributed by atoms with van der Waals surface area (Å²) in [4.78, 5) is 0. The summed E-state index contributed by atoms with van der Waals surface area (Å²) < 4.78 is 5.97. The first-order chi connectivity index (χ1) is 4.23. The third kappa shape index (κ3) is 1.23. The molecule has 0 spiro atoms. The van der Waals surface area contributed by atoms with Crippen LogP contribution in [0.3, 0.4) is 0 Å². The van der Waals surface area contributed by atoms with E-state index in [2.05, 4.69) is 19.4 Å². The van der Waals surface area contributed by atoms with Gasteiger partial charge in [-0.1, -0.05) is 12.3 Å². The zero-order chi connectivity index (χ0) is 6.91. The molecular formula is C6H15N2O+. The normalized spacial score (nSPS) is 41.0. The lowest BCUT2D eigenvalue weighted by Gasteiger charge is -2.06. The van der Waals surface area contributed by atoms with Gasteiger partial charge >= 0.3 is 6.35 Å². The van der Waals surface area contributed by atoms with E-state index in [1.807, 2.05) is 0 Å². The molecule has 1 fully saturated rings. The number of rotatable bonds is 3. The lowest BCUT2D eigenvalue weighted by Crippen LogP contribution is -2.26. The average molecular weight is 131 g/mol. The maximum atomic E-state index is 5.09. The summed E-state index contributed by atoms with van der Waals surface area (Å²) in [6.07, 6.45) is 1.45. The highest BCUT2D eigenvalue weighted by Gasteiger charge is 2.51. The van der Waals surface area contributed by atoms with Gasteiger partial charge in [-0.2, -0.15) is 4.59 Å². The van der Waals surface area contributed by atoms with Crippen molar-refractivity contribution in [3.8, 4) is 0 Å². The van der Waals surface area contributed by atoms with Gasteiger partial charge in [0.2, 0.25) is 0 Å². The van der Waals surface area contributed by atoms with Gasteiger partial charge in [0.1, 0.15) is 0 Å². The molecule has 0 aliphatic carbocycles. The Bertz CT molecular complexity index is 107. The Morgan fingerprint density at radius 2 is 2.33 bits per heavy atom. The molecule has 1 aliphatic heterocycles. The molecule has 0 bridgehead atoms. The molecular weight excluding hydrogens is 116 g/mol. The van der Waals surface area contributed by atoms with Crippen molar-refractivity contribution in [1.82, 2.24) is 5.43 Å². The van der Waals surface area contributed by atoms with Crippen LogP contribution in [0.15, 0.2) is 0 Å². The van der Waals surface area contributed by atoms with Crippen LogP contribution in [0.2, 0.25) is 0 Å². The van der Waals surface area contributed by atoms with Crippen LogP contribution in [0.25, 0.3) is 0 Å². The van der Waals surface area contributed by atoms with Crippen LogP contribution in [0.1, 0.15) is 13.3 Å². The zero-order valence-electron chi connectivity index (χ0n) is 6.35. The molecule has 0 saturated carbocycles. The highest BCUT2D eigenvalue weighted by atomic mass is 16.6. The molecule has 0 aromatic rings. The van der Waals surface area contributed by atoms with Crippen molar-refractivity contribution in [2.24, 2.45) is 0 Å². The molecule has 1 aliphatic rings. The topological polar surface area (TPSA) is 31.2 Å². The number of nitrogens with one attached hydrogen (secondary N) is 1. The first-order valence-corrected chi connectivity index (χ1v) is 3.38. The van der Waals surface area contributed by atoms with Crippen molar-refractivity contribution >= 4 is 0 Å². The maximum absolute atomic E-state index is 5.09. The van der Waals surface area contributed by atoms with Gasteiger partial charge < -0.3 is 4.74 Å². The quantitative estimate of drug-likeness (QED) is 0.441. The third-order valence-corrected chi connectivity index (χ3v) is 1.77. The monoisotopic (exact) mass is 131 g/mol. The predicted octanol–water partition coefficient (Wildman–Crippen LogP) is 0.291. The number of hydrogen-bond donors (Lipinski definition) is 1. The van der Waals surface area contributed by atoms with E-state index in [0.29, 0.717) is 0 Å². The second kappa shape index (κ2) is 2.25. The van der Waals surface area contributed by atoms with E-state index in [1.165, 1.54) is 6.42 Å². The minimum Gasteiger partial charge on any atom is -0.315 e. The van der Waals surface area contributed by atoms with Crippen molar-refractivity contribution in [2.45, 2.75) is 19.7 Å². The van der Waals surface area contributed by atoms with Gasteiger partial charge in [0.25, 0.3) is 0 Å². The second-order valence-corrected chi connectivity index (χ2v) is 2.71. The molecule has 2 atom stereocenters. The highest BCUT2D eigenvalue weighted by Crippen LogP contribution is 2.20. The van der Waals surface area contributed by atoms with Gasteiger partial charge in [-0.15, -0.1) is 0 Å². The Balaban J connectivity index is 2.25. The minimum absolute atomic E-state index is 0.255. The van der Waals surface area contributed by atoms with Gasteiger partial charge in [-0.05, 0) is 6.42 Å². The fourth-order valence-electron chi connectivity index (χ4n) is 1.15. The summed E-state index contributed by atoms with van der Waals surface area (Å²) >= 11 is 0. The van der Waals surface area contributed by atoms with Crippen LogP contribution >= 0.6 is 0 Å². The Labute approximate surface area is 56.2 Å².